The van der Waals surface area contributed by atoms with Crippen LogP contribution in [0.25, 0.3) is 0 Å². The summed E-state index contributed by atoms with van der Waals surface area (Å²) in [6, 6.07) is 26.4. The van der Waals surface area contributed by atoms with E-state index in [0.29, 0.717) is 18.5 Å². The van der Waals surface area contributed by atoms with Crippen molar-refractivity contribution in [3.05, 3.63) is 97.1 Å². The molecule has 1 aliphatic rings. The number of carbonyl (C=O) groups excluding carboxylic acids is 2. The van der Waals surface area contributed by atoms with Gasteiger partial charge in [0.1, 0.15) is 0 Å². The van der Waals surface area contributed by atoms with Gasteiger partial charge in [-0.15, -0.1) is 11.8 Å². The molecule has 0 spiro atoms. The fraction of sp³-hybridized carbons (Fsp3) is 0.207. The molecule has 0 saturated carbocycles. The van der Waals surface area contributed by atoms with Crippen molar-refractivity contribution < 1.29 is 19.5 Å². The largest absolute Gasteiger partial charge is 0.481 e. The van der Waals surface area contributed by atoms with Gasteiger partial charge in [0.25, 0.3) is 0 Å². The van der Waals surface area contributed by atoms with Gasteiger partial charge in [-0.2, -0.15) is 0 Å². The first-order valence-corrected chi connectivity index (χ1v) is 12.7. The van der Waals surface area contributed by atoms with Crippen LogP contribution < -0.4 is 10.2 Å². The molecule has 0 bridgehead atoms. The summed E-state index contributed by atoms with van der Waals surface area (Å²) in [5, 5.41) is 11.9. The van der Waals surface area contributed by atoms with Crippen LogP contribution in [0.5, 0.6) is 0 Å². The van der Waals surface area contributed by atoms with E-state index in [1.165, 1.54) is 11.8 Å². The van der Waals surface area contributed by atoms with Crippen LogP contribution in [-0.2, 0) is 14.4 Å². The number of aliphatic carboxylic acids is 1. The number of nitrogens with zero attached hydrogens (tertiary/aromatic N) is 1. The van der Waals surface area contributed by atoms with Crippen LogP contribution in [0.4, 0.5) is 17.1 Å². The van der Waals surface area contributed by atoms with Gasteiger partial charge in [-0.25, -0.2) is 0 Å². The Kier molecular flexibility index (Phi) is 8.23. The highest BCUT2D eigenvalue weighted by Crippen LogP contribution is 2.32. The van der Waals surface area contributed by atoms with Gasteiger partial charge in [-0.05, 0) is 68.3 Å². The van der Waals surface area contributed by atoms with Crippen LogP contribution in [0.15, 0.2) is 102 Å². The Morgan fingerprint density at radius 3 is 1.89 bits per heavy atom. The fourth-order valence-electron chi connectivity index (χ4n) is 4.22. The van der Waals surface area contributed by atoms with Gasteiger partial charge in [0.2, 0.25) is 11.8 Å². The van der Waals surface area contributed by atoms with E-state index >= 15 is 0 Å². The molecule has 3 aromatic carbocycles. The highest BCUT2D eigenvalue weighted by molar-refractivity contribution is 8.00. The van der Waals surface area contributed by atoms with Gasteiger partial charge >= 0.3 is 5.97 Å². The van der Waals surface area contributed by atoms with Gasteiger partial charge in [0.05, 0.1) is 17.1 Å². The minimum absolute atomic E-state index is 0.0418. The summed E-state index contributed by atoms with van der Waals surface area (Å²) in [5.74, 6) is -2.60. The van der Waals surface area contributed by atoms with E-state index in [2.05, 4.69) is 5.32 Å². The Morgan fingerprint density at radius 2 is 1.36 bits per heavy atom. The zero-order valence-electron chi connectivity index (χ0n) is 19.9. The summed E-state index contributed by atoms with van der Waals surface area (Å²) >= 11 is 1.44. The summed E-state index contributed by atoms with van der Waals surface area (Å²) in [4.78, 5) is 40.4. The third kappa shape index (κ3) is 6.04. The number of nitrogens with one attached hydrogen (secondary N) is 1. The van der Waals surface area contributed by atoms with Crippen molar-refractivity contribution >= 4 is 46.6 Å². The molecule has 0 aromatic heterocycles. The Morgan fingerprint density at radius 1 is 0.833 bits per heavy atom. The fourth-order valence-corrected chi connectivity index (χ4v) is 5.13. The molecule has 0 saturated heterocycles. The number of para-hydroxylation sites is 2. The SMILES string of the molecule is CC(Sc1ccc(NC(=O)C2CC=CCC2C(=O)O)cc1)C(=O)N(c1ccccc1)c1ccccc1. The molecule has 3 atom stereocenters. The van der Waals surface area contributed by atoms with E-state index in [0.717, 1.165) is 16.3 Å². The number of carbonyl (C=O) groups is 3. The summed E-state index contributed by atoms with van der Waals surface area (Å²) in [6.07, 6.45) is 4.44. The second kappa shape index (κ2) is 11.7. The second-order valence-electron chi connectivity index (χ2n) is 8.61. The summed E-state index contributed by atoms with van der Waals surface area (Å²) in [6.45, 7) is 1.88. The quantitative estimate of drug-likeness (QED) is 0.287. The predicted octanol–water partition coefficient (Wildman–Crippen LogP) is 6.14. The molecule has 6 nitrogen and oxygen atoms in total. The van der Waals surface area contributed by atoms with E-state index in [1.807, 2.05) is 91.9 Å². The van der Waals surface area contributed by atoms with E-state index < -0.39 is 17.8 Å². The number of thioether (sulfide) groups is 1. The van der Waals surface area contributed by atoms with Crippen molar-refractivity contribution in [1.29, 1.82) is 0 Å². The molecule has 36 heavy (non-hydrogen) atoms. The van der Waals surface area contributed by atoms with Crippen molar-refractivity contribution in [3.8, 4) is 0 Å². The first kappa shape index (κ1) is 25.3. The maximum absolute atomic E-state index is 13.5. The monoisotopic (exact) mass is 500 g/mol. The van der Waals surface area contributed by atoms with Crippen LogP contribution in [0, 0.1) is 11.8 Å². The maximum atomic E-state index is 13.5. The molecule has 0 fully saturated rings. The Labute approximate surface area is 215 Å². The third-order valence-corrected chi connectivity index (χ3v) is 7.22. The molecule has 0 radical (unpaired) electrons. The molecular formula is C29H28N2O4S. The third-order valence-electron chi connectivity index (χ3n) is 6.12. The summed E-state index contributed by atoms with van der Waals surface area (Å²) < 4.78 is 0. The number of carboxylic acids is 1. The number of amides is 2. The van der Waals surface area contributed by atoms with Crippen LogP contribution in [0.1, 0.15) is 19.8 Å². The number of benzene rings is 3. The number of rotatable bonds is 8. The van der Waals surface area contributed by atoms with Crippen molar-refractivity contribution in [2.45, 2.75) is 29.9 Å². The van der Waals surface area contributed by atoms with Crippen LogP contribution in [-0.4, -0.2) is 28.1 Å². The van der Waals surface area contributed by atoms with Crippen LogP contribution in [0.3, 0.4) is 0 Å². The number of hydrogen-bond donors (Lipinski definition) is 2. The zero-order chi connectivity index (χ0) is 25.5. The summed E-state index contributed by atoms with van der Waals surface area (Å²) in [5.41, 5.74) is 2.20. The molecule has 4 rings (SSSR count). The van der Waals surface area contributed by atoms with Gasteiger partial charge < -0.3 is 10.4 Å². The van der Waals surface area contributed by atoms with E-state index in [9.17, 15) is 19.5 Å². The molecule has 184 valence electrons. The Balaban J connectivity index is 1.43. The van der Waals surface area contributed by atoms with Crippen LogP contribution in [0.2, 0.25) is 0 Å². The molecular weight excluding hydrogens is 472 g/mol. The molecule has 0 aliphatic heterocycles. The van der Waals surface area contributed by atoms with Gasteiger partial charge in [0, 0.05) is 22.0 Å². The van der Waals surface area contributed by atoms with Crippen molar-refractivity contribution in [1.82, 2.24) is 0 Å². The minimum atomic E-state index is -0.954. The molecule has 2 amide bonds. The predicted molar refractivity (Wildman–Crippen MR) is 143 cm³/mol. The topological polar surface area (TPSA) is 86.7 Å². The highest BCUT2D eigenvalue weighted by Gasteiger charge is 2.34. The van der Waals surface area contributed by atoms with E-state index in [1.54, 1.807) is 17.0 Å². The molecule has 1 aliphatic carbocycles. The minimum Gasteiger partial charge on any atom is -0.481 e. The Hall–Kier alpha value is -3.84. The van der Waals surface area contributed by atoms with Crippen molar-refractivity contribution in [3.63, 3.8) is 0 Å². The lowest BCUT2D eigenvalue weighted by Crippen LogP contribution is -2.34. The summed E-state index contributed by atoms with van der Waals surface area (Å²) in [7, 11) is 0. The number of allylic oxidation sites excluding steroid dienone is 2. The lowest BCUT2D eigenvalue weighted by Gasteiger charge is -2.26. The first-order chi connectivity index (χ1) is 17.4. The molecule has 3 aromatic rings. The lowest BCUT2D eigenvalue weighted by atomic mass is 9.82. The average Bonchev–Trinajstić information content (AvgIpc) is 2.91. The Bertz CT molecular complexity index is 1190. The average molecular weight is 501 g/mol. The molecule has 0 heterocycles. The van der Waals surface area contributed by atoms with Gasteiger partial charge in [-0.3, -0.25) is 19.3 Å². The molecule has 3 unspecified atom stereocenters. The van der Waals surface area contributed by atoms with E-state index in [-0.39, 0.29) is 17.1 Å². The number of hydrogen-bond acceptors (Lipinski definition) is 4. The number of carboxylic acid groups (broad SMARTS) is 1. The maximum Gasteiger partial charge on any atom is 0.307 e. The second-order valence-corrected chi connectivity index (χ2v) is 10.0. The van der Waals surface area contributed by atoms with Crippen molar-refractivity contribution in [2.24, 2.45) is 11.8 Å². The van der Waals surface area contributed by atoms with Gasteiger partial charge in [-0.1, -0.05) is 48.6 Å². The van der Waals surface area contributed by atoms with Gasteiger partial charge in [0.15, 0.2) is 0 Å². The molecule has 7 heteroatoms. The van der Waals surface area contributed by atoms with Crippen molar-refractivity contribution in [2.75, 3.05) is 10.2 Å². The number of anilines is 3. The van der Waals surface area contributed by atoms with Crippen LogP contribution >= 0.6 is 11.8 Å². The van der Waals surface area contributed by atoms with E-state index in [4.69, 9.17) is 0 Å². The lowest BCUT2D eigenvalue weighted by molar-refractivity contribution is -0.146. The zero-order valence-corrected chi connectivity index (χ0v) is 20.7. The standard InChI is InChI=1S/C29H28N2O4S/c1-20(28(33)31(22-10-4-2-5-11-22)23-12-6-3-7-13-23)36-24-18-16-21(17-19-24)30-27(32)25-14-8-9-15-26(25)29(34)35/h2-13,16-20,25-26H,14-15H2,1H3,(H,30,32)(H,34,35). The first-order valence-electron chi connectivity index (χ1n) is 11.8. The normalized spacial score (nSPS) is 17.7. The molecule has 2 N–H and O–H groups in total. The smallest absolute Gasteiger partial charge is 0.307 e. The highest BCUT2D eigenvalue weighted by atomic mass is 32.2.